The maximum atomic E-state index is 12.6. The van der Waals surface area contributed by atoms with Crippen LogP contribution in [-0.2, 0) is 4.74 Å². The van der Waals surface area contributed by atoms with Crippen molar-refractivity contribution in [2.24, 2.45) is 0 Å². The van der Waals surface area contributed by atoms with E-state index in [4.69, 9.17) is 4.74 Å². The lowest BCUT2D eigenvalue weighted by Crippen LogP contribution is -2.36. The van der Waals surface area contributed by atoms with Crippen LogP contribution in [0, 0.1) is 6.92 Å². The molecule has 0 aliphatic carbocycles. The number of hydrogen-bond acceptors (Lipinski definition) is 6. The Kier molecular flexibility index (Phi) is 3.33. The number of amides is 1. The van der Waals surface area contributed by atoms with Crippen LogP contribution >= 0.6 is 0 Å². The molecule has 2 aromatic rings. The lowest BCUT2D eigenvalue weighted by Gasteiger charge is -2.23. The molecule has 4 heterocycles. The second-order valence-electron chi connectivity index (χ2n) is 6.28. The van der Waals surface area contributed by atoms with Gasteiger partial charge in [-0.05, 0) is 13.3 Å². The molecular weight excluding hydrogens is 296 g/mol. The summed E-state index contributed by atoms with van der Waals surface area (Å²) < 4.78 is 8.04. The number of carbonyl (C=O) groups is 1. The van der Waals surface area contributed by atoms with Gasteiger partial charge in [0.1, 0.15) is 18.3 Å². The molecule has 4 rings (SSSR count). The van der Waals surface area contributed by atoms with Crippen molar-refractivity contribution in [3.05, 3.63) is 36.4 Å². The average Bonchev–Trinajstić information content (AvgIpc) is 3.29. The van der Waals surface area contributed by atoms with Crippen molar-refractivity contribution >= 4 is 5.91 Å². The molecule has 2 saturated heterocycles. The zero-order valence-electron chi connectivity index (χ0n) is 12.9. The van der Waals surface area contributed by atoms with Crippen LogP contribution < -0.4 is 0 Å². The first-order valence-electron chi connectivity index (χ1n) is 7.71. The van der Waals surface area contributed by atoms with Crippen LogP contribution in [0.3, 0.4) is 0 Å². The molecule has 1 spiro atoms. The van der Waals surface area contributed by atoms with Crippen molar-refractivity contribution in [2.45, 2.75) is 31.4 Å². The van der Waals surface area contributed by atoms with E-state index in [1.54, 1.807) is 18.9 Å². The topological polar surface area (TPSA) is 86.0 Å². The van der Waals surface area contributed by atoms with Gasteiger partial charge in [-0.2, -0.15) is 0 Å². The molecule has 8 heteroatoms. The van der Waals surface area contributed by atoms with Crippen molar-refractivity contribution in [1.82, 2.24) is 29.6 Å². The van der Waals surface area contributed by atoms with Crippen molar-refractivity contribution in [3.8, 4) is 0 Å². The fourth-order valence-corrected chi connectivity index (χ4v) is 3.38. The van der Waals surface area contributed by atoms with Gasteiger partial charge in [-0.1, -0.05) is 0 Å². The molecule has 2 fully saturated rings. The monoisotopic (exact) mass is 314 g/mol. The number of hydrogen-bond donors (Lipinski definition) is 0. The van der Waals surface area contributed by atoms with Crippen molar-refractivity contribution < 1.29 is 9.53 Å². The molecule has 8 nitrogen and oxygen atoms in total. The van der Waals surface area contributed by atoms with Gasteiger partial charge in [0.2, 0.25) is 0 Å². The third-order valence-corrected chi connectivity index (χ3v) is 4.65. The number of rotatable bonds is 2. The molecule has 2 aliphatic heterocycles. The Hall–Kier alpha value is -2.35. The molecule has 120 valence electrons. The fraction of sp³-hybridized carbons (Fsp3) is 0.533. The molecule has 1 amide bonds. The predicted octanol–water partition coefficient (Wildman–Crippen LogP) is 0.623. The second-order valence-corrected chi connectivity index (χ2v) is 6.28. The van der Waals surface area contributed by atoms with E-state index in [1.807, 2.05) is 16.4 Å². The molecule has 2 atom stereocenters. The van der Waals surface area contributed by atoms with Gasteiger partial charge in [0.25, 0.3) is 5.91 Å². The molecule has 0 saturated carbocycles. The van der Waals surface area contributed by atoms with Gasteiger partial charge < -0.3 is 14.2 Å². The second kappa shape index (κ2) is 5.38. The van der Waals surface area contributed by atoms with Crippen LogP contribution in [0.15, 0.2) is 25.0 Å². The third-order valence-electron chi connectivity index (χ3n) is 4.65. The number of aryl methyl sites for hydroxylation is 1. The van der Waals surface area contributed by atoms with Crippen LogP contribution in [0.5, 0.6) is 0 Å². The maximum absolute atomic E-state index is 12.6. The first-order valence-corrected chi connectivity index (χ1v) is 7.71. The van der Waals surface area contributed by atoms with E-state index < -0.39 is 0 Å². The van der Waals surface area contributed by atoms with E-state index in [9.17, 15) is 4.79 Å². The lowest BCUT2D eigenvalue weighted by molar-refractivity contribution is 0.0117. The number of aromatic nitrogens is 5. The van der Waals surface area contributed by atoms with Crippen LogP contribution in [0.1, 0.15) is 35.1 Å². The summed E-state index contributed by atoms with van der Waals surface area (Å²) in [5.74, 6) is -0.0780. The largest absolute Gasteiger partial charge is 0.371 e. The van der Waals surface area contributed by atoms with Crippen molar-refractivity contribution in [1.29, 1.82) is 0 Å². The summed E-state index contributed by atoms with van der Waals surface area (Å²) in [5.41, 5.74) is 0.930. The Bertz CT molecular complexity index is 701. The van der Waals surface area contributed by atoms with Crippen LogP contribution in [-0.4, -0.2) is 60.8 Å². The molecule has 0 radical (unpaired) electrons. The van der Waals surface area contributed by atoms with E-state index in [0.717, 1.165) is 18.5 Å². The number of nitrogens with zero attached hydrogens (tertiary/aromatic N) is 6. The van der Waals surface area contributed by atoms with Crippen LogP contribution in [0.4, 0.5) is 0 Å². The lowest BCUT2D eigenvalue weighted by atomic mass is 9.97. The third kappa shape index (κ3) is 2.59. The summed E-state index contributed by atoms with van der Waals surface area (Å²) in [6, 6.07) is 0.235. The summed E-state index contributed by atoms with van der Waals surface area (Å²) in [7, 11) is 0. The van der Waals surface area contributed by atoms with Gasteiger partial charge in [-0.3, -0.25) is 9.78 Å². The smallest absolute Gasteiger partial charge is 0.274 e. The van der Waals surface area contributed by atoms with Gasteiger partial charge in [-0.15, -0.1) is 10.2 Å². The Balaban J connectivity index is 1.45. The van der Waals surface area contributed by atoms with Crippen molar-refractivity contribution in [3.63, 3.8) is 0 Å². The molecule has 2 aromatic heterocycles. The average molecular weight is 314 g/mol. The minimum Gasteiger partial charge on any atom is -0.371 e. The van der Waals surface area contributed by atoms with E-state index in [1.165, 1.54) is 6.20 Å². The summed E-state index contributed by atoms with van der Waals surface area (Å²) in [6.45, 7) is 3.76. The summed E-state index contributed by atoms with van der Waals surface area (Å²) in [4.78, 5) is 22.7. The summed E-state index contributed by atoms with van der Waals surface area (Å²) in [5, 5.41) is 7.70. The molecular formula is C15H18N6O2. The summed E-state index contributed by atoms with van der Waals surface area (Å²) in [6.07, 6.45) is 8.30. The highest BCUT2D eigenvalue weighted by Gasteiger charge is 2.47. The van der Waals surface area contributed by atoms with E-state index in [2.05, 4.69) is 20.2 Å². The Morgan fingerprint density at radius 1 is 1.30 bits per heavy atom. The van der Waals surface area contributed by atoms with Crippen molar-refractivity contribution in [2.75, 3.05) is 19.7 Å². The molecule has 23 heavy (non-hydrogen) atoms. The maximum Gasteiger partial charge on any atom is 0.274 e. The zero-order valence-corrected chi connectivity index (χ0v) is 12.9. The minimum atomic E-state index is -0.261. The molecule has 0 bridgehead atoms. The summed E-state index contributed by atoms with van der Waals surface area (Å²) >= 11 is 0. The van der Waals surface area contributed by atoms with Gasteiger partial charge in [-0.25, -0.2) is 4.98 Å². The fourth-order valence-electron chi connectivity index (χ4n) is 3.38. The van der Waals surface area contributed by atoms with Gasteiger partial charge in [0.05, 0.1) is 36.7 Å². The van der Waals surface area contributed by atoms with Crippen LogP contribution in [0.2, 0.25) is 0 Å². The van der Waals surface area contributed by atoms with Crippen LogP contribution in [0.25, 0.3) is 0 Å². The standard InChI is InChI=1S/C15H18N6O2/c1-11-5-17-13(6-16-11)14(22)20-3-2-15(8-20)4-12(7-23-15)21-9-18-19-10-21/h5-6,9-10,12H,2-4,7-8H2,1H3/t12-,15-/m0/s1. The van der Waals surface area contributed by atoms with E-state index in [0.29, 0.717) is 25.4 Å². The highest BCUT2D eigenvalue weighted by Crippen LogP contribution is 2.40. The van der Waals surface area contributed by atoms with Gasteiger partial charge >= 0.3 is 0 Å². The Morgan fingerprint density at radius 2 is 2.13 bits per heavy atom. The molecule has 0 aromatic carbocycles. The minimum absolute atomic E-state index is 0.0780. The Morgan fingerprint density at radius 3 is 2.87 bits per heavy atom. The van der Waals surface area contributed by atoms with E-state index in [-0.39, 0.29) is 17.6 Å². The quantitative estimate of drug-likeness (QED) is 0.808. The number of likely N-dealkylation sites (tertiary alicyclic amines) is 1. The first kappa shape index (κ1) is 14.3. The zero-order chi connectivity index (χ0) is 15.9. The van der Waals surface area contributed by atoms with Gasteiger partial charge in [0, 0.05) is 19.2 Å². The normalized spacial score (nSPS) is 27.0. The highest BCUT2D eigenvalue weighted by molar-refractivity contribution is 5.92. The van der Waals surface area contributed by atoms with Gasteiger partial charge in [0.15, 0.2) is 0 Å². The molecule has 0 N–H and O–H groups in total. The Labute approximate surface area is 133 Å². The first-order chi connectivity index (χ1) is 11.2. The number of ether oxygens (including phenoxy) is 1. The number of carbonyl (C=O) groups excluding carboxylic acids is 1. The molecule has 2 aliphatic rings. The molecule has 0 unspecified atom stereocenters. The SMILES string of the molecule is Cc1cnc(C(=O)N2CC[C@]3(C[C@H](n4cnnc4)CO3)C2)cn1. The van der Waals surface area contributed by atoms with E-state index >= 15 is 0 Å². The highest BCUT2D eigenvalue weighted by atomic mass is 16.5. The predicted molar refractivity (Wildman–Crippen MR) is 79.6 cm³/mol.